The van der Waals surface area contributed by atoms with Gasteiger partial charge in [-0.25, -0.2) is 0 Å². The number of likely N-dealkylation sites (N-methyl/N-ethyl adjacent to an activating group) is 1. The lowest BCUT2D eigenvalue weighted by Gasteiger charge is -2.29. The number of unbranched alkanes of at least 4 members (excludes halogenated alkanes) is 21. The number of aliphatic hydroxyl groups excluding tert-OH is 1. The number of phosphoric acid groups is 1. The van der Waals surface area contributed by atoms with Crippen molar-refractivity contribution < 1.29 is 32.9 Å². The molecule has 9 heteroatoms. The first-order valence-corrected chi connectivity index (χ1v) is 24.0. The summed E-state index contributed by atoms with van der Waals surface area (Å²) in [6.07, 6.45) is 47.3. The van der Waals surface area contributed by atoms with E-state index in [1.54, 1.807) is 6.08 Å². The van der Waals surface area contributed by atoms with Crippen molar-refractivity contribution >= 4 is 13.7 Å². The Morgan fingerprint density at radius 2 is 1.07 bits per heavy atom. The Morgan fingerprint density at radius 1 is 0.636 bits per heavy atom. The SMILES string of the molecule is CCCCC/C=C\C/C=C\CCCCCCCC(=O)NC(COP(=O)([O-])OCC[N+](C)(C)C)C(O)/C=C/CC/C=C/CCCCCCCCCCCCCC. The van der Waals surface area contributed by atoms with E-state index in [0.29, 0.717) is 17.4 Å². The van der Waals surface area contributed by atoms with Gasteiger partial charge in [0.05, 0.1) is 39.9 Å². The molecule has 0 saturated heterocycles. The fraction of sp³-hybridized carbons (Fsp3) is 0.804. The third kappa shape index (κ3) is 40.5. The number of hydrogen-bond donors (Lipinski definition) is 2. The molecule has 3 atom stereocenters. The first-order valence-electron chi connectivity index (χ1n) is 22.5. The summed E-state index contributed by atoms with van der Waals surface area (Å²) in [5.74, 6) is -0.223. The Hall–Kier alpha value is -1.54. The molecule has 8 nitrogen and oxygen atoms in total. The molecule has 0 aromatic rings. The van der Waals surface area contributed by atoms with Crippen LogP contribution in [0.3, 0.4) is 0 Å². The summed E-state index contributed by atoms with van der Waals surface area (Å²) in [4.78, 5) is 25.3. The van der Waals surface area contributed by atoms with Gasteiger partial charge in [0.1, 0.15) is 13.2 Å². The van der Waals surface area contributed by atoms with Gasteiger partial charge in [0.15, 0.2) is 0 Å². The van der Waals surface area contributed by atoms with E-state index in [-0.39, 0.29) is 12.5 Å². The second kappa shape index (κ2) is 38.0. The fourth-order valence-electron chi connectivity index (χ4n) is 6.14. The van der Waals surface area contributed by atoms with Crippen molar-refractivity contribution in [3.05, 3.63) is 48.6 Å². The van der Waals surface area contributed by atoms with Crippen molar-refractivity contribution in [3.8, 4) is 0 Å². The molecule has 55 heavy (non-hydrogen) atoms. The quantitative estimate of drug-likeness (QED) is 0.0277. The number of carbonyl (C=O) groups excluding carboxylic acids is 1. The fourth-order valence-corrected chi connectivity index (χ4v) is 6.86. The highest BCUT2D eigenvalue weighted by atomic mass is 31.2. The minimum atomic E-state index is -4.60. The van der Waals surface area contributed by atoms with E-state index in [0.717, 1.165) is 64.2 Å². The summed E-state index contributed by atoms with van der Waals surface area (Å²) in [6, 6.07) is -0.910. The zero-order valence-corrected chi connectivity index (χ0v) is 37.3. The van der Waals surface area contributed by atoms with Gasteiger partial charge in [0.2, 0.25) is 5.91 Å². The molecule has 0 aliphatic carbocycles. The molecular formula is C46H87N2O6P. The van der Waals surface area contributed by atoms with Crippen LogP contribution in [0.1, 0.15) is 187 Å². The van der Waals surface area contributed by atoms with Crippen molar-refractivity contribution in [1.29, 1.82) is 0 Å². The predicted octanol–water partition coefficient (Wildman–Crippen LogP) is 11.8. The largest absolute Gasteiger partial charge is 0.756 e. The van der Waals surface area contributed by atoms with Crippen LogP contribution in [-0.2, 0) is 18.4 Å². The van der Waals surface area contributed by atoms with Gasteiger partial charge in [-0.3, -0.25) is 9.36 Å². The Morgan fingerprint density at radius 3 is 1.62 bits per heavy atom. The molecule has 0 fully saturated rings. The van der Waals surface area contributed by atoms with Crippen LogP contribution in [0.5, 0.6) is 0 Å². The highest BCUT2D eigenvalue weighted by Gasteiger charge is 2.23. The van der Waals surface area contributed by atoms with Crippen LogP contribution in [0.2, 0.25) is 0 Å². The Bertz CT molecular complexity index is 1040. The number of rotatable bonds is 40. The molecule has 0 rings (SSSR count). The van der Waals surface area contributed by atoms with Crippen LogP contribution in [0.15, 0.2) is 48.6 Å². The standard InChI is InChI=1S/C46H87N2O6P/c1-6-8-10-12-14-16-18-20-22-23-24-26-27-29-31-33-35-37-39-45(49)44(43-54-55(51,52)53-42-41-48(3,4)5)47-46(50)40-38-36-34-32-30-28-25-21-19-17-15-13-11-9-7-2/h15,17,21,25,29,31,37,39,44-45,49H,6-14,16,18-20,22-24,26-28,30,32-36,38,40-43H2,1-5H3,(H-,47,50,51,52)/b17-15-,25-21-,31-29+,39-37+. The van der Waals surface area contributed by atoms with Gasteiger partial charge >= 0.3 is 0 Å². The molecule has 0 spiro atoms. The molecule has 1 amide bonds. The monoisotopic (exact) mass is 795 g/mol. The molecule has 3 unspecified atom stereocenters. The van der Waals surface area contributed by atoms with Crippen LogP contribution < -0.4 is 10.2 Å². The zero-order chi connectivity index (χ0) is 40.7. The molecule has 0 aliphatic rings. The predicted molar refractivity (Wildman–Crippen MR) is 233 cm³/mol. The lowest BCUT2D eigenvalue weighted by Crippen LogP contribution is -2.45. The number of carbonyl (C=O) groups is 1. The number of nitrogens with one attached hydrogen (secondary N) is 1. The summed E-state index contributed by atoms with van der Waals surface area (Å²) in [7, 11) is 1.23. The van der Waals surface area contributed by atoms with Crippen molar-refractivity contribution in [2.24, 2.45) is 0 Å². The minimum absolute atomic E-state index is 0.0105. The van der Waals surface area contributed by atoms with E-state index in [1.165, 1.54) is 103 Å². The van der Waals surface area contributed by atoms with Crippen LogP contribution in [0.25, 0.3) is 0 Å². The number of nitrogens with zero attached hydrogens (tertiary/aromatic N) is 1. The van der Waals surface area contributed by atoms with Crippen LogP contribution >= 0.6 is 7.82 Å². The molecular weight excluding hydrogens is 707 g/mol. The smallest absolute Gasteiger partial charge is 0.268 e. The maximum Gasteiger partial charge on any atom is 0.268 e. The number of quaternary nitrogens is 1. The van der Waals surface area contributed by atoms with Crippen molar-refractivity contribution in [3.63, 3.8) is 0 Å². The van der Waals surface area contributed by atoms with Crippen molar-refractivity contribution in [1.82, 2.24) is 5.32 Å². The van der Waals surface area contributed by atoms with E-state index < -0.39 is 26.6 Å². The van der Waals surface area contributed by atoms with Crippen molar-refractivity contribution in [2.75, 3.05) is 40.9 Å². The molecule has 0 radical (unpaired) electrons. The lowest BCUT2D eigenvalue weighted by atomic mass is 10.0. The van der Waals surface area contributed by atoms with Gasteiger partial charge in [-0.15, -0.1) is 0 Å². The highest BCUT2D eigenvalue weighted by Crippen LogP contribution is 2.38. The van der Waals surface area contributed by atoms with Gasteiger partial charge in [0, 0.05) is 6.42 Å². The van der Waals surface area contributed by atoms with E-state index in [2.05, 4.69) is 55.6 Å². The average Bonchev–Trinajstić information content (AvgIpc) is 3.13. The second-order valence-corrected chi connectivity index (χ2v) is 17.8. The Balaban J connectivity index is 4.50. The molecule has 2 N–H and O–H groups in total. The van der Waals surface area contributed by atoms with Gasteiger partial charge in [0.25, 0.3) is 7.82 Å². The topological polar surface area (TPSA) is 108 Å². The van der Waals surface area contributed by atoms with Crippen LogP contribution in [0, 0.1) is 0 Å². The van der Waals surface area contributed by atoms with Crippen LogP contribution in [-0.4, -0.2) is 68.5 Å². The number of hydrogen-bond acceptors (Lipinski definition) is 6. The number of allylic oxidation sites excluding steroid dienone is 7. The van der Waals surface area contributed by atoms with Gasteiger partial charge in [-0.2, -0.15) is 0 Å². The van der Waals surface area contributed by atoms with Gasteiger partial charge in [-0.05, 0) is 64.2 Å². The average molecular weight is 795 g/mol. The highest BCUT2D eigenvalue weighted by molar-refractivity contribution is 7.45. The summed E-state index contributed by atoms with van der Waals surface area (Å²) >= 11 is 0. The van der Waals surface area contributed by atoms with Crippen molar-refractivity contribution in [2.45, 2.75) is 199 Å². The maximum atomic E-state index is 12.8. The van der Waals surface area contributed by atoms with E-state index in [4.69, 9.17) is 9.05 Å². The molecule has 0 aromatic heterocycles. The minimum Gasteiger partial charge on any atom is -0.756 e. The zero-order valence-electron chi connectivity index (χ0n) is 36.4. The summed E-state index contributed by atoms with van der Waals surface area (Å²) in [5, 5.41) is 13.7. The molecule has 322 valence electrons. The first-order chi connectivity index (χ1) is 26.5. The Kier molecular flexibility index (Phi) is 36.9. The third-order valence-electron chi connectivity index (χ3n) is 9.76. The number of amides is 1. The molecule has 0 heterocycles. The molecule has 0 bridgehead atoms. The number of aliphatic hydroxyl groups is 1. The lowest BCUT2D eigenvalue weighted by molar-refractivity contribution is -0.870. The van der Waals surface area contributed by atoms with Crippen LogP contribution in [0.4, 0.5) is 0 Å². The molecule has 0 aliphatic heterocycles. The molecule has 0 saturated carbocycles. The third-order valence-corrected chi connectivity index (χ3v) is 10.7. The summed E-state index contributed by atoms with van der Waals surface area (Å²) in [5.41, 5.74) is 0. The second-order valence-electron chi connectivity index (χ2n) is 16.4. The van der Waals surface area contributed by atoms with Gasteiger partial charge < -0.3 is 28.8 Å². The number of phosphoric ester groups is 1. The van der Waals surface area contributed by atoms with E-state index >= 15 is 0 Å². The van der Waals surface area contributed by atoms with E-state index in [9.17, 15) is 19.4 Å². The first kappa shape index (κ1) is 53.5. The molecule has 0 aromatic carbocycles. The van der Waals surface area contributed by atoms with E-state index in [1.807, 2.05) is 27.2 Å². The van der Waals surface area contributed by atoms with Gasteiger partial charge in [-0.1, -0.05) is 165 Å². The maximum absolute atomic E-state index is 12.8. The summed E-state index contributed by atoms with van der Waals surface area (Å²) < 4.78 is 23.2. The Labute approximate surface area is 339 Å². The summed E-state index contributed by atoms with van der Waals surface area (Å²) in [6.45, 7) is 4.58. The normalized spacial score (nSPS) is 14.8.